The first-order chi connectivity index (χ1) is 8.81. The van der Waals surface area contributed by atoms with Crippen LogP contribution in [0.1, 0.15) is 16.7 Å². The normalized spacial score (nSPS) is 21.8. The molecule has 3 nitrogen and oxygen atoms in total. The van der Waals surface area contributed by atoms with Crippen LogP contribution in [-0.2, 0) is 19.5 Å². The molecule has 2 heterocycles. The van der Waals surface area contributed by atoms with E-state index in [9.17, 15) is 0 Å². The van der Waals surface area contributed by atoms with Crippen LogP contribution in [0.4, 0.5) is 0 Å². The molecule has 0 aliphatic carbocycles. The van der Waals surface area contributed by atoms with Crippen molar-refractivity contribution < 1.29 is 0 Å². The highest BCUT2D eigenvalue weighted by atomic mass is 15.2. The maximum atomic E-state index is 3.43. The fraction of sp³-hybridized carbons (Fsp3) is 0.600. The van der Waals surface area contributed by atoms with Crippen molar-refractivity contribution in [1.82, 2.24) is 15.1 Å². The molecule has 1 fully saturated rings. The van der Waals surface area contributed by atoms with E-state index in [2.05, 4.69) is 40.4 Å². The van der Waals surface area contributed by atoms with E-state index in [-0.39, 0.29) is 0 Å². The van der Waals surface area contributed by atoms with E-state index in [1.165, 1.54) is 43.7 Å². The molecule has 0 bridgehead atoms. The van der Waals surface area contributed by atoms with Crippen LogP contribution < -0.4 is 5.32 Å². The Morgan fingerprint density at radius 2 is 1.94 bits per heavy atom. The molecule has 1 N–H and O–H groups in total. The topological polar surface area (TPSA) is 18.5 Å². The third-order valence-corrected chi connectivity index (χ3v) is 4.16. The van der Waals surface area contributed by atoms with Gasteiger partial charge in [-0.3, -0.25) is 4.90 Å². The molecule has 2 aliphatic rings. The zero-order chi connectivity index (χ0) is 12.4. The van der Waals surface area contributed by atoms with E-state index in [0.29, 0.717) is 0 Å². The molecule has 0 radical (unpaired) electrons. The zero-order valence-corrected chi connectivity index (χ0v) is 11.3. The maximum absolute atomic E-state index is 3.43. The zero-order valence-electron chi connectivity index (χ0n) is 11.3. The van der Waals surface area contributed by atoms with Gasteiger partial charge in [-0.2, -0.15) is 0 Å². The molecule has 0 atom stereocenters. The van der Waals surface area contributed by atoms with Crippen molar-refractivity contribution in [2.45, 2.75) is 19.5 Å². The number of likely N-dealkylation sites (N-methyl/N-ethyl adjacent to an activating group) is 1. The Morgan fingerprint density at radius 1 is 1.11 bits per heavy atom. The molecule has 2 aliphatic heterocycles. The van der Waals surface area contributed by atoms with Gasteiger partial charge in [0.2, 0.25) is 0 Å². The van der Waals surface area contributed by atoms with Crippen LogP contribution in [0.15, 0.2) is 18.2 Å². The number of nitrogens with zero attached hydrogens (tertiary/aromatic N) is 2. The predicted octanol–water partition coefficient (Wildman–Crippen LogP) is 1.08. The standard InChI is InChI=1S/C15H23N3/c1-17-6-8-18(9-7-17)12-13-2-3-15-11-16-5-4-14(15)10-13/h2-3,10,16H,4-9,11-12H2,1H3. The second-order valence-electron chi connectivity index (χ2n) is 5.61. The van der Waals surface area contributed by atoms with Crippen molar-refractivity contribution in [2.24, 2.45) is 0 Å². The Kier molecular flexibility index (Phi) is 3.64. The van der Waals surface area contributed by atoms with Gasteiger partial charge >= 0.3 is 0 Å². The number of fused-ring (bicyclic) bond motifs is 1. The minimum absolute atomic E-state index is 1.05. The molecular weight excluding hydrogens is 222 g/mol. The minimum Gasteiger partial charge on any atom is -0.312 e. The molecule has 0 spiro atoms. The lowest BCUT2D eigenvalue weighted by atomic mass is 9.98. The molecule has 3 heteroatoms. The lowest BCUT2D eigenvalue weighted by molar-refractivity contribution is 0.148. The summed E-state index contributed by atoms with van der Waals surface area (Å²) in [4.78, 5) is 4.98. The Labute approximate surface area is 110 Å². The number of hydrogen-bond donors (Lipinski definition) is 1. The minimum atomic E-state index is 1.05. The number of piperazine rings is 1. The van der Waals surface area contributed by atoms with Crippen molar-refractivity contribution in [3.05, 3.63) is 34.9 Å². The van der Waals surface area contributed by atoms with Crippen molar-refractivity contribution in [2.75, 3.05) is 39.8 Å². The summed E-state index contributed by atoms with van der Waals surface area (Å²) >= 11 is 0. The van der Waals surface area contributed by atoms with E-state index in [1.54, 1.807) is 5.56 Å². The Hall–Kier alpha value is -0.900. The Balaban J connectivity index is 1.66. The number of rotatable bonds is 2. The predicted molar refractivity (Wildman–Crippen MR) is 74.6 cm³/mol. The van der Waals surface area contributed by atoms with Gasteiger partial charge in [0.1, 0.15) is 0 Å². The van der Waals surface area contributed by atoms with Crippen molar-refractivity contribution in [3.63, 3.8) is 0 Å². The molecule has 1 aromatic carbocycles. The van der Waals surface area contributed by atoms with Gasteiger partial charge in [-0.25, -0.2) is 0 Å². The Morgan fingerprint density at radius 3 is 2.78 bits per heavy atom. The molecule has 1 saturated heterocycles. The first-order valence-corrected chi connectivity index (χ1v) is 7.03. The van der Waals surface area contributed by atoms with Gasteiger partial charge in [-0.15, -0.1) is 0 Å². The summed E-state index contributed by atoms with van der Waals surface area (Å²) in [6.07, 6.45) is 1.19. The monoisotopic (exact) mass is 245 g/mol. The van der Waals surface area contributed by atoms with Crippen LogP contribution >= 0.6 is 0 Å². The van der Waals surface area contributed by atoms with Crippen molar-refractivity contribution in [1.29, 1.82) is 0 Å². The van der Waals surface area contributed by atoms with Crippen molar-refractivity contribution >= 4 is 0 Å². The van der Waals surface area contributed by atoms with Gasteiger partial charge in [0.25, 0.3) is 0 Å². The summed E-state index contributed by atoms with van der Waals surface area (Å²) in [6.45, 7) is 8.11. The molecule has 0 aromatic heterocycles. The molecule has 3 rings (SSSR count). The molecule has 0 amide bonds. The number of benzene rings is 1. The summed E-state index contributed by atoms with van der Waals surface area (Å²) in [7, 11) is 2.21. The fourth-order valence-corrected chi connectivity index (χ4v) is 2.89. The van der Waals surface area contributed by atoms with Gasteiger partial charge < -0.3 is 10.2 Å². The van der Waals surface area contributed by atoms with Crippen molar-refractivity contribution in [3.8, 4) is 0 Å². The first kappa shape index (κ1) is 12.2. The lowest BCUT2D eigenvalue weighted by Crippen LogP contribution is -2.43. The molecule has 0 saturated carbocycles. The molecule has 1 aromatic rings. The van der Waals surface area contributed by atoms with E-state index < -0.39 is 0 Å². The van der Waals surface area contributed by atoms with Crippen LogP contribution in [0, 0.1) is 0 Å². The maximum Gasteiger partial charge on any atom is 0.0234 e. The third kappa shape index (κ3) is 2.74. The van der Waals surface area contributed by atoms with Crippen LogP contribution in [0.25, 0.3) is 0 Å². The smallest absolute Gasteiger partial charge is 0.0234 e. The van der Waals surface area contributed by atoms with E-state index >= 15 is 0 Å². The highest BCUT2D eigenvalue weighted by Crippen LogP contribution is 2.17. The van der Waals surface area contributed by atoms with E-state index in [4.69, 9.17) is 0 Å². The Bertz CT molecular complexity index is 408. The second-order valence-corrected chi connectivity index (χ2v) is 5.61. The molecular formula is C15H23N3. The van der Waals surface area contributed by atoms with Crippen LogP contribution in [0.5, 0.6) is 0 Å². The van der Waals surface area contributed by atoms with Gasteiger partial charge in [-0.1, -0.05) is 18.2 Å². The molecule has 18 heavy (non-hydrogen) atoms. The largest absolute Gasteiger partial charge is 0.312 e. The number of nitrogens with one attached hydrogen (secondary N) is 1. The average molecular weight is 245 g/mol. The average Bonchev–Trinajstić information content (AvgIpc) is 2.41. The fourth-order valence-electron chi connectivity index (χ4n) is 2.89. The SMILES string of the molecule is CN1CCN(Cc2ccc3c(c2)CCNC3)CC1. The third-order valence-electron chi connectivity index (χ3n) is 4.16. The summed E-state index contributed by atoms with van der Waals surface area (Å²) in [5.74, 6) is 0. The van der Waals surface area contributed by atoms with Crippen LogP contribution in [-0.4, -0.2) is 49.6 Å². The van der Waals surface area contributed by atoms with E-state index in [0.717, 1.165) is 19.6 Å². The number of hydrogen-bond acceptors (Lipinski definition) is 3. The molecule has 98 valence electrons. The summed E-state index contributed by atoms with van der Waals surface area (Å²) in [5, 5.41) is 3.43. The second kappa shape index (κ2) is 5.39. The summed E-state index contributed by atoms with van der Waals surface area (Å²) < 4.78 is 0. The highest BCUT2D eigenvalue weighted by Gasteiger charge is 2.15. The van der Waals surface area contributed by atoms with Crippen LogP contribution in [0.2, 0.25) is 0 Å². The lowest BCUT2D eigenvalue weighted by Gasteiger charge is -2.32. The summed E-state index contributed by atoms with van der Waals surface area (Å²) in [5.41, 5.74) is 4.53. The van der Waals surface area contributed by atoms with Crippen LogP contribution in [0.3, 0.4) is 0 Å². The van der Waals surface area contributed by atoms with Gasteiger partial charge in [-0.05, 0) is 36.7 Å². The quantitative estimate of drug-likeness (QED) is 0.841. The highest BCUT2D eigenvalue weighted by molar-refractivity contribution is 5.33. The van der Waals surface area contributed by atoms with E-state index in [1.807, 2.05) is 0 Å². The van der Waals surface area contributed by atoms with Gasteiger partial charge in [0.15, 0.2) is 0 Å². The van der Waals surface area contributed by atoms with Gasteiger partial charge in [0, 0.05) is 39.3 Å². The molecule has 0 unspecified atom stereocenters. The van der Waals surface area contributed by atoms with Gasteiger partial charge in [0.05, 0.1) is 0 Å². The first-order valence-electron chi connectivity index (χ1n) is 7.03. The summed E-state index contributed by atoms with van der Waals surface area (Å²) in [6, 6.07) is 7.05.